The van der Waals surface area contributed by atoms with Crippen LogP contribution in [0.3, 0.4) is 0 Å². The summed E-state index contributed by atoms with van der Waals surface area (Å²) in [6.45, 7) is 5.79. The summed E-state index contributed by atoms with van der Waals surface area (Å²) in [5.41, 5.74) is 1.27. The Balaban J connectivity index is 0.00000182. The van der Waals surface area contributed by atoms with Crippen molar-refractivity contribution in [3.8, 4) is 5.69 Å². The fourth-order valence-electron chi connectivity index (χ4n) is 3.48. The van der Waals surface area contributed by atoms with Crippen LogP contribution in [-0.4, -0.2) is 76.0 Å². The van der Waals surface area contributed by atoms with Gasteiger partial charge in [-0.1, -0.05) is 18.2 Å². The smallest absolute Gasteiger partial charge is 0.276 e. The molecule has 2 aromatic rings. The second-order valence-corrected chi connectivity index (χ2v) is 6.33. The van der Waals surface area contributed by atoms with E-state index in [9.17, 15) is 4.79 Å². The minimum atomic E-state index is -0.0187. The van der Waals surface area contributed by atoms with E-state index in [1.54, 1.807) is 6.20 Å². The zero-order valence-corrected chi connectivity index (χ0v) is 14.9. The highest BCUT2D eigenvalue weighted by Gasteiger charge is 2.32. The van der Waals surface area contributed by atoms with Gasteiger partial charge in [-0.2, -0.15) is 9.90 Å². The lowest BCUT2D eigenvalue weighted by molar-refractivity contribution is 0.0767. The third-order valence-corrected chi connectivity index (χ3v) is 4.82. The maximum absolute atomic E-state index is 12.7. The fraction of sp³-hybridized carbons (Fsp3) is 0.471. The molecule has 0 saturated carbocycles. The third kappa shape index (κ3) is 3.84. The number of para-hydroxylation sites is 1. The summed E-state index contributed by atoms with van der Waals surface area (Å²) < 4.78 is 0. The number of aromatic nitrogens is 3. The van der Waals surface area contributed by atoms with E-state index >= 15 is 0 Å². The van der Waals surface area contributed by atoms with Gasteiger partial charge in [0.05, 0.1) is 11.9 Å². The summed E-state index contributed by atoms with van der Waals surface area (Å²) >= 11 is 0. The molecule has 2 aliphatic rings. The molecule has 4 rings (SSSR count). The molecular formula is C17H23ClN6O. The monoisotopic (exact) mass is 362 g/mol. The summed E-state index contributed by atoms with van der Waals surface area (Å²) in [6.07, 6.45) is 2.60. The molecule has 1 atom stereocenters. The topological polar surface area (TPSA) is 66.3 Å². The van der Waals surface area contributed by atoms with Gasteiger partial charge in [0.15, 0.2) is 5.69 Å². The number of benzene rings is 1. The summed E-state index contributed by atoms with van der Waals surface area (Å²) in [5.74, 6) is -0.0187. The first kappa shape index (κ1) is 17.8. The molecule has 1 amide bonds. The van der Waals surface area contributed by atoms with E-state index < -0.39 is 0 Å². The summed E-state index contributed by atoms with van der Waals surface area (Å²) in [5, 5.41) is 12.0. The Bertz CT molecular complexity index is 700. The van der Waals surface area contributed by atoms with Gasteiger partial charge in [0.1, 0.15) is 0 Å². The zero-order chi connectivity index (χ0) is 16.4. The van der Waals surface area contributed by atoms with Gasteiger partial charge in [-0.25, -0.2) is 0 Å². The Morgan fingerprint density at radius 1 is 1.12 bits per heavy atom. The highest BCUT2D eigenvalue weighted by molar-refractivity contribution is 5.92. The lowest BCUT2D eigenvalue weighted by Crippen LogP contribution is -2.49. The number of likely N-dealkylation sites (tertiary alicyclic amines) is 1. The predicted octanol–water partition coefficient (Wildman–Crippen LogP) is 0.809. The van der Waals surface area contributed by atoms with Crippen LogP contribution in [0, 0.1) is 0 Å². The van der Waals surface area contributed by atoms with Gasteiger partial charge in [-0.05, 0) is 18.6 Å². The van der Waals surface area contributed by atoms with E-state index in [0.717, 1.165) is 51.4 Å². The van der Waals surface area contributed by atoms with Crippen molar-refractivity contribution >= 4 is 18.3 Å². The largest absolute Gasteiger partial charge is 0.336 e. The molecule has 25 heavy (non-hydrogen) atoms. The van der Waals surface area contributed by atoms with Gasteiger partial charge in [-0.3, -0.25) is 9.69 Å². The normalized spacial score (nSPS) is 21.1. The first-order chi connectivity index (χ1) is 11.8. The van der Waals surface area contributed by atoms with Crippen LogP contribution in [0.4, 0.5) is 0 Å². The maximum atomic E-state index is 12.7. The number of carbonyl (C=O) groups excluding carboxylic acids is 1. The van der Waals surface area contributed by atoms with Gasteiger partial charge in [-0.15, -0.1) is 17.5 Å². The van der Waals surface area contributed by atoms with Gasteiger partial charge >= 0.3 is 0 Å². The molecule has 3 heterocycles. The lowest BCUT2D eigenvalue weighted by Gasteiger charge is -2.32. The van der Waals surface area contributed by atoms with E-state index in [-0.39, 0.29) is 18.3 Å². The van der Waals surface area contributed by atoms with Crippen molar-refractivity contribution in [2.24, 2.45) is 0 Å². The van der Waals surface area contributed by atoms with Crippen LogP contribution in [0.25, 0.3) is 5.69 Å². The highest BCUT2D eigenvalue weighted by Crippen LogP contribution is 2.18. The average Bonchev–Trinajstić information content (AvgIpc) is 3.33. The standard InChI is InChI=1S/C17H22N6O.ClH/c24-17(16-12-19-23(20-16)14-4-2-1-3-5-14)22-9-6-15(13-22)21-10-7-18-8-11-21;/h1-5,12,15,18H,6-11,13H2;1H. The van der Waals surface area contributed by atoms with Crippen molar-refractivity contribution in [2.45, 2.75) is 12.5 Å². The number of amides is 1. The van der Waals surface area contributed by atoms with E-state index in [1.165, 1.54) is 4.80 Å². The molecule has 134 valence electrons. The number of nitrogens with one attached hydrogen (secondary N) is 1. The number of piperazine rings is 1. The zero-order valence-electron chi connectivity index (χ0n) is 14.0. The summed E-state index contributed by atoms with van der Waals surface area (Å²) in [4.78, 5) is 18.6. The van der Waals surface area contributed by atoms with Crippen LogP contribution < -0.4 is 5.32 Å². The number of nitrogens with zero attached hydrogens (tertiary/aromatic N) is 5. The van der Waals surface area contributed by atoms with Crippen molar-refractivity contribution in [3.05, 3.63) is 42.2 Å². The second-order valence-electron chi connectivity index (χ2n) is 6.33. The molecule has 1 N–H and O–H groups in total. The van der Waals surface area contributed by atoms with E-state index in [1.807, 2.05) is 35.2 Å². The van der Waals surface area contributed by atoms with Gasteiger partial charge in [0.25, 0.3) is 5.91 Å². The van der Waals surface area contributed by atoms with Crippen molar-refractivity contribution in [2.75, 3.05) is 39.3 Å². The van der Waals surface area contributed by atoms with Crippen LogP contribution in [0.15, 0.2) is 36.5 Å². The predicted molar refractivity (Wildman–Crippen MR) is 97.4 cm³/mol. The van der Waals surface area contributed by atoms with Crippen molar-refractivity contribution in [1.29, 1.82) is 0 Å². The Labute approximate surface area is 153 Å². The quantitative estimate of drug-likeness (QED) is 0.875. The summed E-state index contributed by atoms with van der Waals surface area (Å²) in [6, 6.07) is 10.1. The Hall–Kier alpha value is -1.96. The Morgan fingerprint density at radius 2 is 1.88 bits per heavy atom. The minimum absolute atomic E-state index is 0. The summed E-state index contributed by atoms with van der Waals surface area (Å²) in [7, 11) is 0. The number of carbonyl (C=O) groups is 1. The number of rotatable bonds is 3. The van der Waals surface area contributed by atoms with Crippen LogP contribution in [0.1, 0.15) is 16.9 Å². The van der Waals surface area contributed by atoms with E-state index in [2.05, 4.69) is 20.4 Å². The Kier molecular flexibility index (Phi) is 5.67. The lowest BCUT2D eigenvalue weighted by atomic mass is 10.2. The molecule has 0 bridgehead atoms. The SMILES string of the molecule is Cl.O=C(c1cnn(-c2ccccc2)n1)N1CCC(N2CCNCC2)C1. The molecule has 1 unspecified atom stereocenters. The molecule has 1 aromatic carbocycles. The maximum Gasteiger partial charge on any atom is 0.276 e. The van der Waals surface area contributed by atoms with Gasteiger partial charge < -0.3 is 10.2 Å². The number of hydrogen-bond donors (Lipinski definition) is 1. The highest BCUT2D eigenvalue weighted by atomic mass is 35.5. The van der Waals surface area contributed by atoms with Gasteiger partial charge in [0, 0.05) is 45.3 Å². The van der Waals surface area contributed by atoms with Crippen molar-refractivity contribution < 1.29 is 4.79 Å². The molecule has 0 radical (unpaired) electrons. The molecule has 1 aromatic heterocycles. The first-order valence-corrected chi connectivity index (χ1v) is 8.53. The van der Waals surface area contributed by atoms with Crippen LogP contribution in [0.5, 0.6) is 0 Å². The van der Waals surface area contributed by atoms with E-state index in [0.29, 0.717) is 11.7 Å². The van der Waals surface area contributed by atoms with Crippen molar-refractivity contribution in [3.63, 3.8) is 0 Å². The molecule has 8 heteroatoms. The Morgan fingerprint density at radius 3 is 2.64 bits per heavy atom. The molecule has 2 saturated heterocycles. The number of halogens is 1. The van der Waals surface area contributed by atoms with Crippen LogP contribution >= 0.6 is 12.4 Å². The number of hydrogen-bond acceptors (Lipinski definition) is 5. The molecular weight excluding hydrogens is 340 g/mol. The minimum Gasteiger partial charge on any atom is -0.336 e. The third-order valence-electron chi connectivity index (χ3n) is 4.82. The van der Waals surface area contributed by atoms with E-state index in [4.69, 9.17) is 0 Å². The molecule has 7 nitrogen and oxygen atoms in total. The molecule has 0 aliphatic carbocycles. The van der Waals surface area contributed by atoms with Crippen LogP contribution in [-0.2, 0) is 0 Å². The van der Waals surface area contributed by atoms with Crippen LogP contribution in [0.2, 0.25) is 0 Å². The fourth-order valence-corrected chi connectivity index (χ4v) is 3.48. The second kappa shape index (κ2) is 7.95. The molecule has 0 spiro atoms. The average molecular weight is 363 g/mol. The molecule has 2 fully saturated rings. The van der Waals surface area contributed by atoms with Crippen molar-refractivity contribution in [1.82, 2.24) is 30.1 Å². The molecule has 2 aliphatic heterocycles. The van der Waals surface area contributed by atoms with Gasteiger partial charge in [0.2, 0.25) is 0 Å². The first-order valence-electron chi connectivity index (χ1n) is 8.53.